The highest BCUT2D eigenvalue weighted by Gasteiger charge is 2.53. The first-order valence-electron chi connectivity index (χ1n) is 9.79. The maximum Gasteiger partial charge on any atom is 0.406 e. The highest BCUT2D eigenvalue weighted by Crippen LogP contribution is 2.32. The summed E-state index contributed by atoms with van der Waals surface area (Å²) in [6.07, 6.45) is 2.68. The average Bonchev–Trinajstić information content (AvgIpc) is 3.20. The van der Waals surface area contributed by atoms with Crippen molar-refractivity contribution in [2.45, 2.75) is 33.2 Å². The van der Waals surface area contributed by atoms with Gasteiger partial charge in [-0.25, -0.2) is 9.36 Å². The van der Waals surface area contributed by atoms with Gasteiger partial charge >= 0.3 is 12.0 Å². The third kappa shape index (κ3) is 2.99. The summed E-state index contributed by atoms with van der Waals surface area (Å²) in [6.45, 7) is 6.54. The van der Waals surface area contributed by atoms with Crippen molar-refractivity contribution in [2.75, 3.05) is 20.7 Å². The molecule has 2 aromatic rings. The predicted molar refractivity (Wildman–Crippen MR) is 108 cm³/mol. The molecule has 1 fully saturated rings. The second-order valence-corrected chi connectivity index (χ2v) is 7.90. The molecule has 1 aromatic carbocycles. The number of benzene rings is 1. The Balaban J connectivity index is 1.78. The molecule has 1 saturated heterocycles. The van der Waals surface area contributed by atoms with Gasteiger partial charge in [-0.05, 0) is 31.4 Å². The maximum absolute atomic E-state index is 13.2. The lowest BCUT2D eigenvalue weighted by Gasteiger charge is -2.33. The lowest BCUT2D eigenvalue weighted by molar-refractivity contribution is -0.676. The minimum atomic E-state index is -0.620. The Bertz CT molecular complexity index is 1020. The maximum atomic E-state index is 13.2. The number of likely N-dealkylation sites (N-methyl/N-ethyl adjacent to an activating group) is 1. The Morgan fingerprint density at radius 1 is 1.28 bits per heavy atom. The summed E-state index contributed by atoms with van der Waals surface area (Å²) < 4.78 is 9.17. The number of amidine groups is 1. The van der Waals surface area contributed by atoms with E-state index in [9.17, 15) is 9.59 Å². The third-order valence-electron chi connectivity index (χ3n) is 5.45. The van der Waals surface area contributed by atoms with Crippen molar-refractivity contribution in [3.05, 3.63) is 36.2 Å². The smallest absolute Gasteiger partial charge is 0.406 e. The van der Waals surface area contributed by atoms with Gasteiger partial charge in [0.15, 0.2) is 0 Å². The molecular weight excluding hydrogens is 370 g/mol. The Morgan fingerprint density at radius 2 is 2.03 bits per heavy atom. The molecule has 1 aromatic heterocycles. The Hall–Kier alpha value is -3.16. The fourth-order valence-electron chi connectivity index (χ4n) is 3.85. The number of amides is 3. The molecule has 1 unspecified atom stereocenters. The lowest BCUT2D eigenvalue weighted by atomic mass is 10.1. The number of hydrogen-bond acceptors (Lipinski definition) is 4. The molecule has 3 amide bonds. The molecule has 4 rings (SSSR count). The number of fused-ring (bicyclic) bond motifs is 3. The second kappa shape index (κ2) is 7.02. The van der Waals surface area contributed by atoms with Crippen LogP contribution in [0.1, 0.15) is 32.0 Å². The van der Waals surface area contributed by atoms with Gasteiger partial charge in [0, 0.05) is 19.7 Å². The number of aryl methyl sites for hydroxylation is 1. The van der Waals surface area contributed by atoms with Crippen LogP contribution in [0.25, 0.3) is 5.69 Å². The molecule has 0 radical (unpaired) electrons. The largest absolute Gasteiger partial charge is 0.497 e. The molecule has 0 aliphatic carbocycles. The van der Waals surface area contributed by atoms with Crippen LogP contribution in [0.2, 0.25) is 0 Å². The van der Waals surface area contributed by atoms with Crippen LogP contribution in [0.4, 0.5) is 10.7 Å². The van der Waals surface area contributed by atoms with E-state index in [-0.39, 0.29) is 11.9 Å². The number of imidazole rings is 1. The molecule has 2 aliphatic heterocycles. The minimum absolute atomic E-state index is 0.223. The van der Waals surface area contributed by atoms with Crippen LogP contribution in [0, 0.1) is 12.8 Å². The summed E-state index contributed by atoms with van der Waals surface area (Å²) in [4.78, 5) is 33.6. The van der Waals surface area contributed by atoms with Crippen LogP contribution in [-0.4, -0.2) is 52.8 Å². The van der Waals surface area contributed by atoms with E-state index in [1.54, 1.807) is 14.2 Å². The molecule has 0 N–H and O–H groups in total. The van der Waals surface area contributed by atoms with Gasteiger partial charge in [-0.1, -0.05) is 24.9 Å². The number of aliphatic imine (C=N–C) groups is 1. The van der Waals surface area contributed by atoms with E-state index < -0.39 is 6.04 Å². The molecule has 8 heteroatoms. The van der Waals surface area contributed by atoms with Crippen molar-refractivity contribution in [3.8, 4) is 11.4 Å². The summed E-state index contributed by atoms with van der Waals surface area (Å²) in [5.74, 6) is 2.00. The Labute approximate surface area is 170 Å². The van der Waals surface area contributed by atoms with Gasteiger partial charge < -0.3 is 4.74 Å². The van der Waals surface area contributed by atoms with Crippen LogP contribution >= 0.6 is 0 Å². The summed E-state index contributed by atoms with van der Waals surface area (Å²) in [5, 5.41) is 0. The van der Waals surface area contributed by atoms with E-state index >= 15 is 0 Å². The minimum Gasteiger partial charge on any atom is -0.497 e. The van der Waals surface area contributed by atoms with Crippen molar-refractivity contribution in [1.82, 2.24) is 14.4 Å². The third-order valence-corrected chi connectivity index (χ3v) is 5.45. The number of hydrogen-bond donors (Lipinski definition) is 0. The fourth-order valence-corrected chi connectivity index (χ4v) is 3.85. The molecule has 0 bridgehead atoms. The van der Waals surface area contributed by atoms with Gasteiger partial charge in [0.05, 0.1) is 7.11 Å². The standard InChI is InChI=1S/C21H26N5O3/c1-13(2)9-10-24-19(27)17-18(23(4)21(24)28)22-20-25(17)12-14(3)26(20)15-7-6-8-16(11-15)29-5/h6-8,11-13,17H,9-10H2,1-5H3/q+1. The molecule has 1 atom stereocenters. The van der Waals surface area contributed by atoms with Crippen LogP contribution in [0.15, 0.2) is 35.5 Å². The van der Waals surface area contributed by atoms with E-state index in [0.717, 1.165) is 23.6 Å². The summed E-state index contributed by atoms with van der Waals surface area (Å²) in [5.41, 5.74) is 1.83. The molecule has 29 heavy (non-hydrogen) atoms. The number of methoxy groups -OCH3 is 1. The molecule has 152 valence electrons. The first-order valence-corrected chi connectivity index (χ1v) is 9.79. The topological polar surface area (TPSA) is 71.0 Å². The van der Waals surface area contributed by atoms with E-state index in [2.05, 4.69) is 13.8 Å². The van der Waals surface area contributed by atoms with Gasteiger partial charge in [-0.2, -0.15) is 4.57 Å². The van der Waals surface area contributed by atoms with Crippen molar-refractivity contribution in [3.63, 3.8) is 0 Å². The van der Waals surface area contributed by atoms with Gasteiger partial charge in [0.2, 0.25) is 11.9 Å². The number of urea groups is 1. The number of nitrogens with zero attached hydrogens (tertiary/aromatic N) is 5. The molecule has 0 spiro atoms. The number of carbonyl (C=O) groups is 2. The van der Waals surface area contributed by atoms with Gasteiger partial charge in [0.25, 0.3) is 5.91 Å². The Kier molecular flexibility index (Phi) is 4.64. The van der Waals surface area contributed by atoms with Crippen molar-refractivity contribution in [2.24, 2.45) is 10.9 Å². The first-order chi connectivity index (χ1) is 13.8. The Morgan fingerprint density at radius 3 is 2.72 bits per heavy atom. The van der Waals surface area contributed by atoms with E-state index in [4.69, 9.17) is 9.73 Å². The fraction of sp³-hybridized carbons (Fsp3) is 0.429. The van der Waals surface area contributed by atoms with E-state index in [1.807, 2.05) is 46.5 Å². The van der Waals surface area contributed by atoms with E-state index in [0.29, 0.717) is 24.2 Å². The van der Waals surface area contributed by atoms with Crippen molar-refractivity contribution >= 4 is 23.7 Å². The molecule has 8 nitrogen and oxygen atoms in total. The zero-order chi connectivity index (χ0) is 20.9. The number of imide groups is 1. The van der Waals surface area contributed by atoms with E-state index in [1.165, 1.54) is 9.80 Å². The predicted octanol–water partition coefficient (Wildman–Crippen LogP) is 2.61. The first kappa shape index (κ1) is 19.2. The lowest BCUT2D eigenvalue weighted by Crippen LogP contribution is -2.62. The zero-order valence-corrected chi connectivity index (χ0v) is 17.4. The highest BCUT2D eigenvalue weighted by atomic mass is 16.5. The summed E-state index contributed by atoms with van der Waals surface area (Å²) in [7, 11) is 3.30. The summed E-state index contributed by atoms with van der Waals surface area (Å²) >= 11 is 0. The van der Waals surface area contributed by atoms with Crippen molar-refractivity contribution in [1.29, 1.82) is 0 Å². The van der Waals surface area contributed by atoms with Crippen LogP contribution in [0.5, 0.6) is 5.75 Å². The van der Waals surface area contributed by atoms with Gasteiger partial charge in [-0.15, -0.1) is 0 Å². The second-order valence-electron chi connectivity index (χ2n) is 7.90. The van der Waals surface area contributed by atoms with Crippen LogP contribution < -0.4 is 9.30 Å². The normalized spacial score (nSPS) is 18.3. The highest BCUT2D eigenvalue weighted by molar-refractivity contribution is 6.19. The average molecular weight is 396 g/mol. The van der Waals surface area contributed by atoms with Crippen molar-refractivity contribution < 1.29 is 18.9 Å². The quantitative estimate of drug-likeness (QED) is 0.730. The van der Waals surface area contributed by atoms with Gasteiger partial charge in [0.1, 0.15) is 23.3 Å². The zero-order valence-electron chi connectivity index (χ0n) is 17.4. The summed E-state index contributed by atoms with van der Waals surface area (Å²) in [6, 6.07) is 6.73. The monoisotopic (exact) mass is 396 g/mol. The number of aromatic nitrogens is 2. The number of rotatable bonds is 5. The van der Waals surface area contributed by atoms with Gasteiger partial charge in [-0.3, -0.25) is 14.6 Å². The molecular formula is C21H26N5O3+. The molecule has 2 aliphatic rings. The molecule has 0 saturated carbocycles. The number of ether oxygens (including phenoxy) is 1. The SMILES string of the molecule is COc1cccc(-n2c(C)c[n+]3c2N=C2C3C(=O)N(CCC(C)C)C(=O)N2C)c1. The van der Waals surface area contributed by atoms with Crippen LogP contribution in [-0.2, 0) is 4.79 Å². The number of carbonyl (C=O) groups excluding carboxylic acids is 2. The van der Waals surface area contributed by atoms with Crippen LogP contribution in [0.3, 0.4) is 0 Å². The molecule has 3 heterocycles.